The standard InChI is InChI=1S/C30H37N3O5/c1-18-10-8-11-19(2)24(18)32-27(36)25-30-16-20(3)29(4,38-30)22(23(30)28(37)33(25)14-9-15-34)26(35)31-17-21-12-6-5-7-13-21/h5-8,10-13,20,22-23,25,34H,9,14-17H2,1-4H3,(H,31,35)(H,32,36)/t20?,22-,23-,25?,29+,30?/m0/s1. The second-order valence-electron chi connectivity index (χ2n) is 11.3. The van der Waals surface area contributed by atoms with Crippen LogP contribution in [-0.2, 0) is 25.7 Å². The number of anilines is 1. The van der Waals surface area contributed by atoms with Gasteiger partial charge >= 0.3 is 0 Å². The summed E-state index contributed by atoms with van der Waals surface area (Å²) in [5, 5.41) is 15.7. The van der Waals surface area contributed by atoms with E-state index in [9.17, 15) is 19.5 Å². The molecule has 0 aromatic heterocycles. The molecule has 202 valence electrons. The van der Waals surface area contributed by atoms with Gasteiger partial charge in [0.2, 0.25) is 17.7 Å². The first kappa shape index (κ1) is 26.4. The zero-order valence-corrected chi connectivity index (χ0v) is 22.5. The molecule has 3 aliphatic heterocycles. The van der Waals surface area contributed by atoms with E-state index in [0.29, 0.717) is 19.4 Å². The van der Waals surface area contributed by atoms with Crippen LogP contribution in [0.25, 0.3) is 0 Å². The summed E-state index contributed by atoms with van der Waals surface area (Å²) >= 11 is 0. The third kappa shape index (κ3) is 4.01. The Morgan fingerprint density at radius 2 is 1.76 bits per heavy atom. The van der Waals surface area contributed by atoms with Crippen LogP contribution in [0.5, 0.6) is 0 Å². The Morgan fingerprint density at radius 3 is 2.42 bits per heavy atom. The fraction of sp³-hybridized carbons (Fsp3) is 0.500. The van der Waals surface area contributed by atoms with Crippen LogP contribution in [0.4, 0.5) is 5.69 Å². The number of carbonyl (C=O) groups is 3. The number of likely N-dealkylation sites (tertiary alicyclic amines) is 1. The van der Waals surface area contributed by atoms with E-state index >= 15 is 0 Å². The van der Waals surface area contributed by atoms with Crippen molar-refractivity contribution in [2.24, 2.45) is 17.8 Å². The molecule has 3 fully saturated rings. The smallest absolute Gasteiger partial charge is 0.250 e. The number of aliphatic hydroxyl groups excluding tert-OH is 1. The molecule has 0 radical (unpaired) electrons. The number of aliphatic hydroxyl groups is 1. The number of hydrogen-bond acceptors (Lipinski definition) is 5. The number of benzene rings is 2. The first-order valence-electron chi connectivity index (χ1n) is 13.4. The molecule has 2 aromatic rings. The number of ether oxygens (including phenoxy) is 1. The highest BCUT2D eigenvalue weighted by Gasteiger charge is 2.79. The summed E-state index contributed by atoms with van der Waals surface area (Å²) in [7, 11) is 0. The predicted octanol–water partition coefficient (Wildman–Crippen LogP) is 2.95. The molecule has 2 bridgehead atoms. The summed E-state index contributed by atoms with van der Waals surface area (Å²) in [6.07, 6.45) is 0.836. The summed E-state index contributed by atoms with van der Waals surface area (Å²) in [6, 6.07) is 14.5. The molecule has 3 unspecified atom stereocenters. The lowest BCUT2D eigenvalue weighted by molar-refractivity contribution is -0.146. The zero-order chi connectivity index (χ0) is 27.2. The van der Waals surface area contributed by atoms with Crippen molar-refractivity contribution in [1.29, 1.82) is 0 Å². The van der Waals surface area contributed by atoms with Gasteiger partial charge in [0.1, 0.15) is 11.6 Å². The molecule has 6 atom stereocenters. The van der Waals surface area contributed by atoms with Crippen LogP contribution in [0.15, 0.2) is 48.5 Å². The number of fused-ring (bicyclic) bond motifs is 1. The van der Waals surface area contributed by atoms with Gasteiger partial charge in [-0.3, -0.25) is 14.4 Å². The Hall–Kier alpha value is -3.23. The molecule has 3 heterocycles. The van der Waals surface area contributed by atoms with Gasteiger partial charge in [-0.25, -0.2) is 0 Å². The summed E-state index contributed by atoms with van der Waals surface area (Å²) in [6.45, 7) is 8.25. The van der Waals surface area contributed by atoms with Crippen molar-refractivity contribution >= 4 is 23.4 Å². The Labute approximate surface area is 223 Å². The Bertz CT molecular complexity index is 1230. The third-order valence-electron chi connectivity index (χ3n) is 8.94. The highest BCUT2D eigenvalue weighted by Crippen LogP contribution is 2.65. The third-order valence-corrected chi connectivity index (χ3v) is 8.94. The molecule has 3 aliphatic rings. The lowest BCUT2D eigenvalue weighted by Gasteiger charge is -2.36. The monoisotopic (exact) mass is 519 g/mol. The first-order valence-corrected chi connectivity index (χ1v) is 13.4. The van der Waals surface area contributed by atoms with Crippen molar-refractivity contribution in [2.45, 2.75) is 64.3 Å². The predicted molar refractivity (Wildman–Crippen MR) is 143 cm³/mol. The summed E-state index contributed by atoms with van der Waals surface area (Å²) in [5.41, 5.74) is 1.54. The Morgan fingerprint density at radius 1 is 1.08 bits per heavy atom. The van der Waals surface area contributed by atoms with Crippen LogP contribution in [0.1, 0.15) is 43.4 Å². The van der Waals surface area contributed by atoms with Crippen molar-refractivity contribution in [2.75, 3.05) is 18.5 Å². The number of hydrogen-bond donors (Lipinski definition) is 3. The molecular formula is C30H37N3O5. The number of aryl methyl sites for hydroxylation is 2. The van der Waals surface area contributed by atoms with E-state index < -0.39 is 29.1 Å². The van der Waals surface area contributed by atoms with E-state index in [1.165, 1.54) is 0 Å². The summed E-state index contributed by atoms with van der Waals surface area (Å²) in [4.78, 5) is 43.3. The number of para-hydroxylation sites is 1. The normalized spacial score (nSPS) is 31.4. The van der Waals surface area contributed by atoms with Gasteiger partial charge in [-0.2, -0.15) is 0 Å². The van der Waals surface area contributed by atoms with E-state index in [1.807, 2.05) is 76.2 Å². The maximum atomic E-state index is 14.0. The van der Waals surface area contributed by atoms with Crippen molar-refractivity contribution in [3.05, 3.63) is 65.2 Å². The zero-order valence-electron chi connectivity index (χ0n) is 22.5. The first-order chi connectivity index (χ1) is 18.1. The van der Waals surface area contributed by atoms with Gasteiger partial charge in [-0.05, 0) is 56.2 Å². The molecule has 5 rings (SSSR count). The molecule has 1 spiro atoms. The molecule has 3 N–H and O–H groups in total. The number of nitrogens with zero attached hydrogens (tertiary/aromatic N) is 1. The van der Waals surface area contributed by atoms with Crippen LogP contribution < -0.4 is 10.6 Å². The van der Waals surface area contributed by atoms with Crippen molar-refractivity contribution in [3.8, 4) is 0 Å². The molecule has 3 amide bonds. The van der Waals surface area contributed by atoms with Crippen LogP contribution in [0.2, 0.25) is 0 Å². The average Bonchev–Trinajstić information content (AvgIpc) is 3.40. The number of nitrogens with one attached hydrogen (secondary N) is 2. The molecule has 8 nitrogen and oxygen atoms in total. The second-order valence-corrected chi connectivity index (χ2v) is 11.3. The maximum absolute atomic E-state index is 14.0. The van der Waals surface area contributed by atoms with E-state index in [4.69, 9.17) is 4.74 Å². The fourth-order valence-electron chi connectivity index (χ4n) is 7.02. The van der Waals surface area contributed by atoms with Crippen molar-refractivity contribution < 1.29 is 24.2 Å². The molecule has 38 heavy (non-hydrogen) atoms. The van der Waals surface area contributed by atoms with Crippen LogP contribution in [0, 0.1) is 31.6 Å². The highest BCUT2D eigenvalue weighted by atomic mass is 16.5. The Balaban J connectivity index is 1.50. The molecular weight excluding hydrogens is 482 g/mol. The van der Waals surface area contributed by atoms with E-state index in [-0.39, 0.29) is 36.8 Å². The largest absolute Gasteiger partial charge is 0.396 e. The van der Waals surface area contributed by atoms with Crippen LogP contribution >= 0.6 is 0 Å². The van der Waals surface area contributed by atoms with Crippen molar-refractivity contribution in [1.82, 2.24) is 10.2 Å². The van der Waals surface area contributed by atoms with Gasteiger partial charge in [-0.15, -0.1) is 0 Å². The van der Waals surface area contributed by atoms with Gasteiger partial charge in [0.25, 0.3) is 0 Å². The Kier molecular flexibility index (Phi) is 6.82. The lowest BCUT2D eigenvalue weighted by atomic mass is 9.62. The molecule has 8 heteroatoms. The molecule has 3 saturated heterocycles. The summed E-state index contributed by atoms with van der Waals surface area (Å²) < 4.78 is 6.74. The number of amides is 3. The van der Waals surface area contributed by atoms with Crippen molar-refractivity contribution in [3.63, 3.8) is 0 Å². The topological polar surface area (TPSA) is 108 Å². The fourth-order valence-corrected chi connectivity index (χ4v) is 7.02. The van der Waals surface area contributed by atoms with E-state index in [1.54, 1.807) is 4.90 Å². The average molecular weight is 520 g/mol. The van der Waals surface area contributed by atoms with Gasteiger partial charge in [0.15, 0.2) is 0 Å². The van der Waals surface area contributed by atoms with E-state index in [0.717, 1.165) is 22.4 Å². The number of carbonyl (C=O) groups excluding carboxylic acids is 3. The van der Waals surface area contributed by atoms with Gasteiger partial charge in [-0.1, -0.05) is 55.5 Å². The highest BCUT2D eigenvalue weighted by molar-refractivity contribution is 6.04. The van der Waals surface area contributed by atoms with Crippen LogP contribution in [-0.4, -0.2) is 58.1 Å². The van der Waals surface area contributed by atoms with Crippen LogP contribution in [0.3, 0.4) is 0 Å². The molecule has 2 aromatic carbocycles. The number of rotatable bonds is 8. The second kappa shape index (κ2) is 9.82. The molecule has 0 saturated carbocycles. The lowest BCUT2D eigenvalue weighted by Crippen LogP contribution is -2.54. The minimum absolute atomic E-state index is 0.0349. The minimum Gasteiger partial charge on any atom is -0.396 e. The minimum atomic E-state index is -1.11. The summed E-state index contributed by atoms with van der Waals surface area (Å²) in [5.74, 6) is -2.34. The van der Waals surface area contributed by atoms with Gasteiger partial charge < -0.3 is 25.4 Å². The SMILES string of the molecule is Cc1cccc(C)c1NC(=O)C1N(CCCO)C(=O)[C@@H]2[C@@H](C(=O)NCc3ccccc3)[C@]3(C)OC12CC3C. The van der Waals surface area contributed by atoms with Gasteiger partial charge in [0, 0.05) is 25.4 Å². The van der Waals surface area contributed by atoms with Gasteiger partial charge in [0.05, 0.1) is 17.4 Å². The van der Waals surface area contributed by atoms with E-state index in [2.05, 4.69) is 10.6 Å². The maximum Gasteiger partial charge on any atom is 0.250 e. The quantitative estimate of drug-likeness (QED) is 0.497. The molecule has 0 aliphatic carbocycles.